The number of ether oxygens (including phenoxy) is 3. The SMILES string of the molecule is CCOc1ccccc1CCC(=O)Nc1ccc(OC)c(OC)c1. The van der Waals surface area contributed by atoms with Crippen LogP contribution in [0.1, 0.15) is 18.9 Å². The van der Waals surface area contributed by atoms with Crippen LogP contribution in [0.25, 0.3) is 0 Å². The summed E-state index contributed by atoms with van der Waals surface area (Å²) in [6, 6.07) is 13.1. The third-order valence-corrected chi connectivity index (χ3v) is 3.56. The Labute approximate surface area is 142 Å². The second kappa shape index (κ2) is 8.82. The van der Waals surface area contributed by atoms with Crippen LogP contribution in [0.15, 0.2) is 42.5 Å². The van der Waals surface area contributed by atoms with E-state index >= 15 is 0 Å². The number of benzene rings is 2. The Balaban J connectivity index is 1.97. The molecule has 0 aliphatic carbocycles. The number of methoxy groups -OCH3 is 2. The number of anilines is 1. The molecule has 0 saturated carbocycles. The van der Waals surface area contributed by atoms with Crippen LogP contribution < -0.4 is 19.5 Å². The number of hydrogen-bond donors (Lipinski definition) is 1. The van der Waals surface area contributed by atoms with Crippen molar-refractivity contribution in [1.82, 2.24) is 0 Å². The van der Waals surface area contributed by atoms with Gasteiger partial charge in [-0.1, -0.05) is 18.2 Å². The molecule has 0 aliphatic heterocycles. The third-order valence-electron chi connectivity index (χ3n) is 3.56. The minimum atomic E-state index is -0.0616. The summed E-state index contributed by atoms with van der Waals surface area (Å²) in [4.78, 5) is 12.2. The molecule has 0 aromatic heterocycles. The molecule has 0 fully saturated rings. The largest absolute Gasteiger partial charge is 0.494 e. The zero-order chi connectivity index (χ0) is 17.4. The van der Waals surface area contributed by atoms with Gasteiger partial charge in [0.15, 0.2) is 11.5 Å². The van der Waals surface area contributed by atoms with Crippen LogP contribution >= 0.6 is 0 Å². The third kappa shape index (κ3) is 4.65. The molecule has 0 radical (unpaired) electrons. The van der Waals surface area contributed by atoms with Crippen molar-refractivity contribution < 1.29 is 19.0 Å². The number of rotatable bonds is 8. The summed E-state index contributed by atoms with van der Waals surface area (Å²) >= 11 is 0. The highest BCUT2D eigenvalue weighted by Gasteiger charge is 2.09. The summed E-state index contributed by atoms with van der Waals surface area (Å²) in [6.07, 6.45) is 0.994. The van der Waals surface area contributed by atoms with E-state index in [4.69, 9.17) is 14.2 Å². The average Bonchev–Trinajstić information content (AvgIpc) is 2.61. The second-order valence-corrected chi connectivity index (χ2v) is 5.16. The van der Waals surface area contributed by atoms with Gasteiger partial charge >= 0.3 is 0 Å². The summed E-state index contributed by atoms with van der Waals surface area (Å²) in [5.41, 5.74) is 1.71. The minimum Gasteiger partial charge on any atom is -0.494 e. The van der Waals surface area contributed by atoms with Crippen LogP contribution in [0.4, 0.5) is 5.69 Å². The first-order valence-electron chi connectivity index (χ1n) is 7.90. The van der Waals surface area contributed by atoms with Gasteiger partial charge in [-0.05, 0) is 37.1 Å². The number of amides is 1. The van der Waals surface area contributed by atoms with Gasteiger partial charge < -0.3 is 19.5 Å². The van der Waals surface area contributed by atoms with E-state index in [0.29, 0.717) is 36.6 Å². The number of nitrogens with one attached hydrogen (secondary N) is 1. The summed E-state index contributed by atoms with van der Waals surface area (Å²) in [7, 11) is 3.14. The van der Waals surface area contributed by atoms with Crippen molar-refractivity contribution in [3.8, 4) is 17.2 Å². The van der Waals surface area contributed by atoms with Gasteiger partial charge in [0.2, 0.25) is 5.91 Å². The van der Waals surface area contributed by atoms with Gasteiger partial charge in [0.05, 0.1) is 20.8 Å². The van der Waals surface area contributed by atoms with E-state index in [-0.39, 0.29) is 5.91 Å². The fraction of sp³-hybridized carbons (Fsp3) is 0.316. The quantitative estimate of drug-likeness (QED) is 0.803. The van der Waals surface area contributed by atoms with Crippen molar-refractivity contribution in [3.63, 3.8) is 0 Å². The topological polar surface area (TPSA) is 56.8 Å². The normalized spacial score (nSPS) is 10.1. The summed E-state index contributed by atoms with van der Waals surface area (Å²) < 4.78 is 16.0. The summed E-state index contributed by atoms with van der Waals surface area (Å²) in [5, 5.41) is 2.87. The molecule has 1 N–H and O–H groups in total. The van der Waals surface area contributed by atoms with Gasteiger partial charge in [-0.15, -0.1) is 0 Å². The molecule has 0 aliphatic rings. The summed E-state index contributed by atoms with van der Waals surface area (Å²) in [6.45, 7) is 2.55. The Kier molecular flexibility index (Phi) is 6.49. The summed E-state index contributed by atoms with van der Waals surface area (Å²) in [5.74, 6) is 1.98. The zero-order valence-electron chi connectivity index (χ0n) is 14.3. The molecule has 0 bridgehead atoms. The van der Waals surface area contributed by atoms with Crippen molar-refractivity contribution in [2.24, 2.45) is 0 Å². The lowest BCUT2D eigenvalue weighted by atomic mass is 10.1. The van der Waals surface area contributed by atoms with Crippen molar-refractivity contribution in [3.05, 3.63) is 48.0 Å². The Morgan fingerprint density at radius 2 is 1.75 bits per heavy atom. The molecule has 0 spiro atoms. The maximum atomic E-state index is 12.2. The molecule has 2 aromatic carbocycles. The highest BCUT2D eigenvalue weighted by atomic mass is 16.5. The monoisotopic (exact) mass is 329 g/mol. The van der Waals surface area contributed by atoms with Gasteiger partial charge in [-0.2, -0.15) is 0 Å². The van der Waals surface area contributed by atoms with Crippen LogP contribution in [0.5, 0.6) is 17.2 Å². The van der Waals surface area contributed by atoms with Crippen molar-refractivity contribution >= 4 is 11.6 Å². The molecular formula is C19H23NO4. The predicted octanol–water partition coefficient (Wildman–Crippen LogP) is 3.67. The molecule has 0 saturated heterocycles. The first kappa shape index (κ1) is 17.7. The molecular weight excluding hydrogens is 306 g/mol. The zero-order valence-corrected chi connectivity index (χ0v) is 14.3. The first-order chi connectivity index (χ1) is 11.7. The van der Waals surface area contributed by atoms with Gasteiger partial charge in [-0.25, -0.2) is 0 Å². The van der Waals surface area contributed by atoms with Gasteiger partial charge in [0, 0.05) is 18.2 Å². The van der Waals surface area contributed by atoms with Crippen molar-refractivity contribution in [2.75, 3.05) is 26.1 Å². The van der Waals surface area contributed by atoms with E-state index < -0.39 is 0 Å². The van der Waals surface area contributed by atoms with Gasteiger partial charge in [0.1, 0.15) is 5.75 Å². The van der Waals surface area contributed by atoms with E-state index in [9.17, 15) is 4.79 Å². The van der Waals surface area contributed by atoms with Crippen LogP contribution in [0, 0.1) is 0 Å². The standard InChI is InChI=1S/C19H23NO4/c1-4-24-16-8-6-5-7-14(16)9-12-19(21)20-15-10-11-17(22-2)18(13-15)23-3/h5-8,10-11,13H,4,9,12H2,1-3H3,(H,20,21). The van der Waals surface area contributed by atoms with E-state index in [0.717, 1.165) is 11.3 Å². The predicted molar refractivity (Wildman–Crippen MR) is 94.1 cm³/mol. The average molecular weight is 329 g/mol. The molecule has 24 heavy (non-hydrogen) atoms. The van der Waals surface area contributed by atoms with E-state index in [1.54, 1.807) is 32.4 Å². The molecule has 128 valence electrons. The minimum absolute atomic E-state index is 0.0616. The lowest BCUT2D eigenvalue weighted by molar-refractivity contribution is -0.116. The lowest BCUT2D eigenvalue weighted by Gasteiger charge is -2.12. The van der Waals surface area contributed by atoms with E-state index in [1.165, 1.54) is 0 Å². The molecule has 0 unspecified atom stereocenters. The Morgan fingerprint density at radius 3 is 2.46 bits per heavy atom. The van der Waals surface area contributed by atoms with Crippen LogP contribution in [-0.4, -0.2) is 26.7 Å². The van der Waals surface area contributed by atoms with E-state index in [1.807, 2.05) is 31.2 Å². The maximum absolute atomic E-state index is 12.2. The maximum Gasteiger partial charge on any atom is 0.224 e. The fourth-order valence-corrected chi connectivity index (χ4v) is 2.39. The Morgan fingerprint density at radius 1 is 1.00 bits per heavy atom. The fourth-order valence-electron chi connectivity index (χ4n) is 2.39. The number of carbonyl (C=O) groups is 1. The number of hydrogen-bond acceptors (Lipinski definition) is 4. The Bertz CT molecular complexity index is 685. The van der Waals surface area contributed by atoms with Crippen LogP contribution in [-0.2, 0) is 11.2 Å². The smallest absolute Gasteiger partial charge is 0.224 e. The first-order valence-corrected chi connectivity index (χ1v) is 7.90. The molecule has 0 heterocycles. The molecule has 1 amide bonds. The number of para-hydroxylation sites is 1. The van der Waals surface area contributed by atoms with Gasteiger partial charge in [0.25, 0.3) is 0 Å². The molecule has 0 atom stereocenters. The van der Waals surface area contributed by atoms with Crippen LogP contribution in [0.3, 0.4) is 0 Å². The molecule has 5 heteroatoms. The van der Waals surface area contributed by atoms with E-state index in [2.05, 4.69) is 5.32 Å². The lowest BCUT2D eigenvalue weighted by Crippen LogP contribution is -2.12. The molecule has 2 rings (SSSR count). The van der Waals surface area contributed by atoms with Gasteiger partial charge in [-0.3, -0.25) is 4.79 Å². The number of aryl methyl sites for hydroxylation is 1. The highest BCUT2D eigenvalue weighted by Crippen LogP contribution is 2.29. The van der Waals surface area contributed by atoms with Crippen molar-refractivity contribution in [1.29, 1.82) is 0 Å². The second-order valence-electron chi connectivity index (χ2n) is 5.16. The van der Waals surface area contributed by atoms with Crippen LogP contribution in [0.2, 0.25) is 0 Å². The number of carbonyl (C=O) groups excluding carboxylic acids is 1. The Hall–Kier alpha value is -2.69. The highest BCUT2D eigenvalue weighted by molar-refractivity contribution is 5.91. The molecule has 2 aromatic rings. The molecule has 5 nitrogen and oxygen atoms in total. The van der Waals surface area contributed by atoms with Crippen molar-refractivity contribution in [2.45, 2.75) is 19.8 Å².